The van der Waals surface area contributed by atoms with Gasteiger partial charge in [-0.3, -0.25) is 9.78 Å². The molecule has 0 saturated carbocycles. The summed E-state index contributed by atoms with van der Waals surface area (Å²) in [7, 11) is 0. The first-order valence-corrected chi connectivity index (χ1v) is 10.8. The Hall–Kier alpha value is -2.58. The van der Waals surface area contributed by atoms with E-state index in [1.807, 2.05) is 11.8 Å². The van der Waals surface area contributed by atoms with Crippen LogP contribution in [0.25, 0.3) is 10.8 Å². The molecule has 2 N–H and O–H groups in total. The second kappa shape index (κ2) is 7.81. The zero-order chi connectivity index (χ0) is 19.7. The molecule has 144 valence electrons. The number of thiophene rings is 1. The summed E-state index contributed by atoms with van der Waals surface area (Å²) < 4.78 is 5.24. The second-order valence-corrected chi connectivity index (χ2v) is 8.42. The minimum atomic E-state index is -0.366. The number of rotatable bonds is 4. The van der Waals surface area contributed by atoms with Gasteiger partial charge < -0.3 is 9.84 Å². The molecule has 1 aromatic carbocycles. The van der Waals surface area contributed by atoms with Crippen LogP contribution in [0.2, 0.25) is 0 Å². The Kier molecular flexibility index (Phi) is 5.23. The molecule has 6 nitrogen and oxygen atoms in total. The number of ether oxygens (including phenoxy) is 1. The topological polar surface area (TPSA) is 91.8 Å². The number of carbonyl (C=O) groups excluding carboxylic acids is 1. The van der Waals surface area contributed by atoms with E-state index < -0.39 is 0 Å². The molecule has 3 aromatic rings. The van der Waals surface area contributed by atoms with Crippen LogP contribution in [0.1, 0.15) is 33.3 Å². The number of thioether (sulfide) groups is 1. The van der Waals surface area contributed by atoms with Crippen molar-refractivity contribution >= 4 is 51.1 Å². The number of carbonyl (C=O) groups is 1. The molecule has 0 amide bonds. The van der Waals surface area contributed by atoms with Crippen molar-refractivity contribution < 1.29 is 14.6 Å². The first-order chi connectivity index (χ1) is 13.6. The summed E-state index contributed by atoms with van der Waals surface area (Å²) in [5.41, 5.74) is 1.59. The van der Waals surface area contributed by atoms with Gasteiger partial charge in [-0.1, -0.05) is 18.2 Å². The maximum atomic E-state index is 12.5. The molecule has 0 aliphatic carbocycles. The van der Waals surface area contributed by atoms with Crippen LogP contribution in [-0.4, -0.2) is 34.6 Å². The van der Waals surface area contributed by atoms with Gasteiger partial charge in [-0.25, -0.2) is 9.79 Å². The zero-order valence-electron chi connectivity index (χ0n) is 15.2. The fourth-order valence-electron chi connectivity index (χ4n) is 3.26. The van der Waals surface area contributed by atoms with E-state index in [1.54, 1.807) is 31.2 Å². The number of benzene rings is 1. The van der Waals surface area contributed by atoms with Crippen molar-refractivity contribution in [3.05, 3.63) is 56.2 Å². The van der Waals surface area contributed by atoms with Gasteiger partial charge in [-0.15, -0.1) is 11.3 Å². The molecule has 8 heteroatoms. The fraction of sp³-hybridized carbons (Fsp3) is 0.250. The van der Waals surface area contributed by atoms with Crippen LogP contribution in [0.15, 0.2) is 34.1 Å². The van der Waals surface area contributed by atoms with Crippen LogP contribution in [-0.2, 0) is 16.9 Å². The van der Waals surface area contributed by atoms with Crippen LogP contribution >= 0.6 is 23.1 Å². The summed E-state index contributed by atoms with van der Waals surface area (Å²) in [4.78, 5) is 32.7. The molecule has 3 heterocycles. The smallest absolute Gasteiger partial charge is 0.341 e. The third kappa shape index (κ3) is 3.33. The molecule has 28 heavy (non-hydrogen) atoms. The van der Waals surface area contributed by atoms with Gasteiger partial charge in [0.2, 0.25) is 5.88 Å². The number of esters is 1. The van der Waals surface area contributed by atoms with Gasteiger partial charge in [0.25, 0.3) is 5.56 Å². The largest absolute Gasteiger partial charge is 0.494 e. The highest BCUT2D eigenvalue weighted by molar-refractivity contribution is 7.98. The van der Waals surface area contributed by atoms with Crippen molar-refractivity contribution in [1.29, 1.82) is 0 Å². The summed E-state index contributed by atoms with van der Waals surface area (Å²) in [6.45, 7) is 2.08. The molecule has 0 atom stereocenters. The average molecular weight is 415 g/mol. The van der Waals surface area contributed by atoms with Crippen LogP contribution in [0.4, 0.5) is 5.00 Å². The third-order valence-corrected chi connectivity index (χ3v) is 6.85. The van der Waals surface area contributed by atoms with E-state index in [0.717, 1.165) is 28.4 Å². The number of aromatic hydroxyl groups is 1. The lowest BCUT2D eigenvalue weighted by Gasteiger charge is -2.11. The predicted octanol–water partition coefficient (Wildman–Crippen LogP) is 4.01. The van der Waals surface area contributed by atoms with Crippen molar-refractivity contribution in [3.63, 3.8) is 0 Å². The molecule has 0 unspecified atom stereocenters. The van der Waals surface area contributed by atoms with Crippen molar-refractivity contribution in [3.8, 4) is 5.88 Å². The van der Waals surface area contributed by atoms with Crippen LogP contribution < -0.4 is 5.56 Å². The number of pyridine rings is 1. The summed E-state index contributed by atoms with van der Waals surface area (Å²) in [5.74, 6) is 1.20. The molecule has 0 spiro atoms. The normalized spacial score (nSPS) is 13.8. The van der Waals surface area contributed by atoms with Crippen molar-refractivity contribution in [2.75, 3.05) is 12.4 Å². The van der Waals surface area contributed by atoms with Crippen molar-refractivity contribution in [2.45, 2.75) is 19.1 Å². The molecule has 4 rings (SSSR count). The molecular weight excluding hydrogens is 396 g/mol. The number of hydrogen-bond acceptors (Lipinski definition) is 7. The Bertz CT molecular complexity index is 1150. The molecule has 1 aliphatic rings. The quantitative estimate of drug-likeness (QED) is 0.497. The molecule has 0 bridgehead atoms. The van der Waals surface area contributed by atoms with Gasteiger partial charge in [0.05, 0.1) is 17.7 Å². The van der Waals surface area contributed by atoms with Gasteiger partial charge in [-0.2, -0.15) is 11.8 Å². The van der Waals surface area contributed by atoms with E-state index >= 15 is 0 Å². The van der Waals surface area contributed by atoms with E-state index in [0.29, 0.717) is 33.5 Å². The van der Waals surface area contributed by atoms with Crippen molar-refractivity contribution in [1.82, 2.24) is 4.98 Å². The summed E-state index contributed by atoms with van der Waals surface area (Å²) in [5, 5.41) is 11.9. The number of nitrogens with zero attached hydrogens (tertiary/aromatic N) is 1. The van der Waals surface area contributed by atoms with Crippen molar-refractivity contribution in [2.24, 2.45) is 4.99 Å². The lowest BCUT2D eigenvalue weighted by molar-refractivity contribution is 0.0526. The van der Waals surface area contributed by atoms with Gasteiger partial charge >= 0.3 is 5.97 Å². The Balaban J connectivity index is 1.83. The van der Waals surface area contributed by atoms with E-state index in [-0.39, 0.29) is 17.4 Å². The minimum Gasteiger partial charge on any atom is -0.494 e. The number of aromatic amines is 1. The van der Waals surface area contributed by atoms with Crippen LogP contribution in [0, 0.1) is 0 Å². The number of nitrogens with one attached hydrogen (secondary N) is 1. The predicted molar refractivity (Wildman–Crippen MR) is 114 cm³/mol. The Morgan fingerprint density at radius 2 is 2.14 bits per heavy atom. The summed E-state index contributed by atoms with van der Waals surface area (Å²) in [6, 6.07) is 7.01. The number of aliphatic imine (C=N–C) groups is 1. The highest BCUT2D eigenvalue weighted by Gasteiger charge is 2.26. The van der Waals surface area contributed by atoms with E-state index in [4.69, 9.17) is 4.74 Å². The molecule has 0 saturated heterocycles. The van der Waals surface area contributed by atoms with Gasteiger partial charge in [0, 0.05) is 27.6 Å². The molecule has 0 fully saturated rings. The van der Waals surface area contributed by atoms with E-state index in [1.165, 1.54) is 17.6 Å². The Morgan fingerprint density at radius 3 is 2.93 bits per heavy atom. The highest BCUT2D eigenvalue weighted by atomic mass is 32.2. The molecule has 0 radical (unpaired) electrons. The van der Waals surface area contributed by atoms with Crippen LogP contribution in [0.3, 0.4) is 0 Å². The van der Waals surface area contributed by atoms with Gasteiger partial charge in [-0.05, 0) is 30.7 Å². The van der Waals surface area contributed by atoms with Crippen LogP contribution in [0.5, 0.6) is 5.88 Å². The number of aromatic nitrogens is 1. The minimum absolute atomic E-state index is 0.248. The van der Waals surface area contributed by atoms with Gasteiger partial charge in [0.15, 0.2) is 0 Å². The monoisotopic (exact) mass is 414 g/mol. The van der Waals surface area contributed by atoms with E-state index in [9.17, 15) is 14.7 Å². The van der Waals surface area contributed by atoms with Gasteiger partial charge in [0.1, 0.15) is 5.00 Å². The Labute approximate surface area is 169 Å². The Morgan fingerprint density at radius 1 is 1.36 bits per heavy atom. The summed E-state index contributed by atoms with van der Waals surface area (Å²) >= 11 is 3.31. The molecular formula is C20H18N2O4S2. The second-order valence-electron chi connectivity index (χ2n) is 6.23. The lowest BCUT2D eigenvalue weighted by atomic mass is 10.1. The fourth-order valence-corrected chi connectivity index (χ4v) is 5.58. The first-order valence-electron chi connectivity index (χ1n) is 8.87. The first kappa shape index (κ1) is 18.8. The maximum Gasteiger partial charge on any atom is 0.341 e. The van der Waals surface area contributed by atoms with E-state index in [2.05, 4.69) is 9.98 Å². The number of fused-ring (bicyclic) bond motifs is 2. The maximum absolute atomic E-state index is 12.5. The molecule has 1 aliphatic heterocycles. The number of H-pyrrole nitrogens is 1. The standard InChI is InChI=1S/C20H18N2O4S2/c1-2-26-20(25)16-13-7-8-27-10-15(13)28-19(16)21-9-14-11-5-3-4-6-12(11)17(23)22-18(14)24/h3-6,9H,2,7-8,10H2,1H3,(H2,22,23,24). The average Bonchev–Trinajstić information content (AvgIpc) is 3.06. The third-order valence-electron chi connectivity index (χ3n) is 4.54. The highest BCUT2D eigenvalue weighted by Crippen LogP contribution is 2.41. The summed E-state index contributed by atoms with van der Waals surface area (Å²) in [6.07, 6.45) is 2.31. The number of hydrogen-bond donors (Lipinski definition) is 2. The SMILES string of the molecule is CCOC(=O)c1c(N=Cc2c(O)[nH]c(=O)c3ccccc23)sc2c1CCSC2. The lowest BCUT2D eigenvalue weighted by Crippen LogP contribution is -2.10. The molecule has 2 aromatic heterocycles. The zero-order valence-corrected chi connectivity index (χ0v) is 16.8.